The van der Waals surface area contributed by atoms with E-state index in [9.17, 15) is 4.79 Å². The molecule has 0 spiro atoms. The van der Waals surface area contributed by atoms with E-state index in [1.165, 1.54) is 24.8 Å². The molecule has 0 amide bonds. The molecule has 24 heavy (non-hydrogen) atoms. The molecule has 0 aromatic heterocycles. The summed E-state index contributed by atoms with van der Waals surface area (Å²) in [5.74, 6) is 0.614. The van der Waals surface area contributed by atoms with Gasteiger partial charge in [0.2, 0.25) is 0 Å². The summed E-state index contributed by atoms with van der Waals surface area (Å²) >= 11 is 0. The number of hydrogen-bond donors (Lipinski definition) is 0. The van der Waals surface area contributed by atoms with Gasteiger partial charge >= 0.3 is 0 Å². The van der Waals surface area contributed by atoms with Crippen molar-refractivity contribution in [3.63, 3.8) is 0 Å². The smallest absolute Gasteiger partial charge is 0.184 e. The summed E-state index contributed by atoms with van der Waals surface area (Å²) in [5, 5.41) is 0. The van der Waals surface area contributed by atoms with Gasteiger partial charge in [-0.05, 0) is 76.3 Å². The fraction of sp³-hybridized carbons (Fsp3) is 0.682. The number of aryl methyl sites for hydroxylation is 3. The topological polar surface area (TPSA) is 17.1 Å². The van der Waals surface area contributed by atoms with E-state index in [1.807, 2.05) is 0 Å². The van der Waals surface area contributed by atoms with Crippen LogP contribution in [0.4, 0.5) is 0 Å². The lowest BCUT2D eigenvalue weighted by Crippen LogP contribution is -2.16. The van der Waals surface area contributed by atoms with Crippen molar-refractivity contribution in [2.45, 2.75) is 74.7 Å². The maximum Gasteiger partial charge on any atom is 0.184 e. The van der Waals surface area contributed by atoms with Crippen LogP contribution >= 0.6 is 7.92 Å². The van der Waals surface area contributed by atoms with Crippen LogP contribution in [0.15, 0.2) is 12.1 Å². The van der Waals surface area contributed by atoms with Crippen molar-refractivity contribution in [2.75, 3.05) is 12.3 Å². The third kappa shape index (κ3) is 6.67. The molecule has 136 valence electrons. The Kier molecular flexibility index (Phi) is 8.13. The van der Waals surface area contributed by atoms with E-state index in [-0.39, 0.29) is 0 Å². The number of unbranched alkanes of at least 4 members (excludes halogenated alkanes) is 1. The van der Waals surface area contributed by atoms with E-state index in [4.69, 9.17) is 0 Å². The van der Waals surface area contributed by atoms with Gasteiger partial charge in [-0.3, -0.25) is 4.79 Å². The third-order valence-corrected chi connectivity index (χ3v) is 7.17. The van der Waals surface area contributed by atoms with Crippen LogP contribution in [0.2, 0.25) is 0 Å². The molecular weight excluding hydrogens is 311 g/mol. The van der Waals surface area contributed by atoms with Gasteiger partial charge in [0.25, 0.3) is 0 Å². The number of carbonyl (C=O) groups is 1. The van der Waals surface area contributed by atoms with Crippen LogP contribution in [0.1, 0.15) is 80.9 Å². The second-order valence-electron chi connectivity index (χ2n) is 8.75. The summed E-state index contributed by atoms with van der Waals surface area (Å²) in [6, 6.07) is 4.32. The predicted octanol–water partition coefficient (Wildman–Crippen LogP) is 7.11. The van der Waals surface area contributed by atoms with Gasteiger partial charge in [-0.15, -0.1) is 0 Å². The molecule has 0 saturated heterocycles. The summed E-state index contributed by atoms with van der Waals surface area (Å²) < 4.78 is 0. The zero-order valence-corrected chi connectivity index (χ0v) is 18.0. The van der Waals surface area contributed by atoms with Gasteiger partial charge < -0.3 is 0 Å². The first kappa shape index (κ1) is 21.4. The van der Waals surface area contributed by atoms with Gasteiger partial charge in [0, 0.05) is 5.56 Å². The summed E-state index contributed by atoms with van der Waals surface area (Å²) in [7, 11) is -0.577. The Morgan fingerprint density at radius 2 is 1.67 bits per heavy atom. The summed E-state index contributed by atoms with van der Waals surface area (Å²) in [6.07, 6.45) is 5.70. The maximum absolute atomic E-state index is 13.3. The van der Waals surface area contributed by atoms with Crippen LogP contribution in [0.25, 0.3) is 0 Å². The lowest BCUT2D eigenvalue weighted by Gasteiger charge is -2.27. The van der Waals surface area contributed by atoms with E-state index in [1.54, 1.807) is 0 Å². The largest absolute Gasteiger partial charge is 0.289 e. The van der Waals surface area contributed by atoms with E-state index in [0.29, 0.717) is 16.9 Å². The summed E-state index contributed by atoms with van der Waals surface area (Å²) in [4.78, 5) is 13.3. The molecule has 0 aliphatic carbocycles. The van der Waals surface area contributed by atoms with Crippen LogP contribution in [0, 0.1) is 32.1 Å². The first-order valence-electron chi connectivity index (χ1n) is 9.42. The van der Waals surface area contributed by atoms with Crippen molar-refractivity contribution in [3.8, 4) is 0 Å². The average molecular weight is 349 g/mol. The predicted molar refractivity (Wildman–Crippen MR) is 110 cm³/mol. The van der Waals surface area contributed by atoms with E-state index in [2.05, 4.69) is 67.5 Å². The standard InChI is InChI=1S/C22H37OP/c1-9-10-11-24(15-17(3)14-22(6,7)8)21(23)20-18(4)12-16(2)13-19(20)5/h12-13,17H,9-11,14-15H2,1-8H3. The molecular formula is C22H37OP. The van der Waals surface area contributed by atoms with Crippen LogP contribution in [0.5, 0.6) is 0 Å². The molecule has 0 fully saturated rings. The summed E-state index contributed by atoms with van der Waals surface area (Å²) in [5.41, 5.74) is 5.35. The van der Waals surface area contributed by atoms with E-state index < -0.39 is 7.92 Å². The van der Waals surface area contributed by atoms with Gasteiger partial charge in [-0.1, -0.05) is 58.7 Å². The molecule has 0 saturated carbocycles. The van der Waals surface area contributed by atoms with Crippen LogP contribution in [-0.2, 0) is 0 Å². The Hall–Kier alpha value is -0.680. The molecule has 2 atom stereocenters. The number of benzene rings is 1. The second kappa shape index (κ2) is 9.14. The van der Waals surface area contributed by atoms with Gasteiger partial charge in [0.1, 0.15) is 0 Å². The highest BCUT2D eigenvalue weighted by Crippen LogP contribution is 2.45. The molecule has 2 unspecified atom stereocenters. The van der Waals surface area contributed by atoms with Crippen molar-refractivity contribution < 1.29 is 4.79 Å². The molecule has 1 nitrogen and oxygen atoms in total. The van der Waals surface area contributed by atoms with Crippen molar-refractivity contribution in [1.29, 1.82) is 0 Å². The Balaban J connectivity index is 3.01. The Morgan fingerprint density at radius 3 is 2.12 bits per heavy atom. The quantitative estimate of drug-likeness (QED) is 0.458. The molecule has 1 rings (SSSR count). The molecule has 0 radical (unpaired) electrons. The van der Waals surface area contributed by atoms with Crippen molar-refractivity contribution in [1.82, 2.24) is 0 Å². The van der Waals surface area contributed by atoms with E-state index in [0.717, 1.165) is 29.0 Å². The molecule has 0 N–H and O–H groups in total. The fourth-order valence-electron chi connectivity index (χ4n) is 3.79. The average Bonchev–Trinajstić information content (AvgIpc) is 2.39. The van der Waals surface area contributed by atoms with E-state index >= 15 is 0 Å². The monoisotopic (exact) mass is 348 g/mol. The van der Waals surface area contributed by atoms with Crippen LogP contribution in [0.3, 0.4) is 0 Å². The van der Waals surface area contributed by atoms with Crippen LogP contribution in [-0.4, -0.2) is 17.8 Å². The molecule has 0 aliphatic rings. The van der Waals surface area contributed by atoms with Crippen molar-refractivity contribution in [2.24, 2.45) is 11.3 Å². The van der Waals surface area contributed by atoms with Gasteiger partial charge in [0.15, 0.2) is 5.52 Å². The minimum atomic E-state index is -0.577. The molecule has 1 aromatic carbocycles. The van der Waals surface area contributed by atoms with Gasteiger partial charge in [-0.2, -0.15) is 0 Å². The number of hydrogen-bond acceptors (Lipinski definition) is 1. The third-order valence-electron chi connectivity index (χ3n) is 4.45. The maximum atomic E-state index is 13.3. The van der Waals surface area contributed by atoms with Crippen molar-refractivity contribution in [3.05, 3.63) is 34.4 Å². The zero-order chi connectivity index (χ0) is 18.5. The molecule has 2 heteroatoms. The minimum Gasteiger partial charge on any atom is -0.289 e. The Morgan fingerprint density at radius 1 is 1.12 bits per heavy atom. The Bertz CT molecular complexity index is 531. The minimum absolute atomic E-state index is 0.337. The Labute approximate surface area is 151 Å². The van der Waals surface area contributed by atoms with Crippen molar-refractivity contribution >= 4 is 13.4 Å². The number of carbonyl (C=O) groups excluding carboxylic acids is 1. The molecule has 0 heterocycles. The van der Waals surface area contributed by atoms with Crippen LogP contribution < -0.4 is 0 Å². The lowest BCUT2D eigenvalue weighted by molar-refractivity contribution is 0.108. The van der Waals surface area contributed by atoms with Gasteiger partial charge in [-0.25, -0.2) is 0 Å². The zero-order valence-electron chi connectivity index (χ0n) is 17.1. The van der Waals surface area contributed by atoms with Gasteiger partial charge in [0.05, 0.1) is 0 Å². The molecule has 1 aromatic rings. The lowest BCUT2D eigenvalue weighted by atomic mass is 9.86. The highest BCUT2D eigenvalue weighted by atomic mass is 31.1. The second-order valence-corrected chi connectivity index (χ2v) is 11.0. The SMILES string of the molecule is CCCCP(CC(C)CC(C)(C)C)C(=O)c1c(C)cc(C)cc1C. The first-order chi connectivity index (χ1) is 11.0. The normalized spacial score (nSPS) is 14.5. The molecule has 0 aliphatic heterocycles. The highest BCUT2D eigenvalue weighted by molar-refractivity contribution is 7.75. The summed E-state index contributed by atoms with van der Waals surface area (Å²) in [6.45, 7) is 17.8. The molecule has 0 bridgehead atoms. The fourth-order valence-corrected chi connectivity index (χ4v) is 6.59. The number of rotatable bonds is 8. The highest BCUT2D eigenvalue weighted by Gasteiger charge is 2.26. The first-order valence-corrected chi connectivity index (χ1v) is 11.1.